The molecule has 0 bridgehead atoms. The summed E-state index contributed by atoms with van der Waals surface area (Å²) in [5.41, 5.74) is 23.9. The van der Waals surface area contributed by atoms with Gasteiger partial charge >= 0.3 is 0 Å². The number of aryl methyl sites for hydroxylation is 6. The molecule has 58 heavy (non-hydrogen) atoms. The highest BCUT2D eigenvalue weighted by Gasteiger charge is 2.27. The molecule has 12 rings (SSSR count). The third-order valence-electron chi connectivity index (χ3n) is 12.9. The van der Waals surface area contributed by atoms with E-state index in [0.29, 0.717) is 0 Å². The minimum atomic E-state index is 0.871. The number of para-hydroxylation sites is 1. The molecule has 0 aliphatic heterocycles. The van der Waals surface area contributed by atoms with Crippen LogP contribution in [0.25, 0.3) is 109 Å². The highest BCUT2D eigenvalue weighted by molar-refractivity contribution is 7.25. The quantitative estimate of drug-likeness (QED) is 0.164. The SMILES string of the molecule is Cc1cccc(C)c1-c1ccc2c(c1)oc1c3c4ccc(-c5c(C)cccc5C)cc4n4c5ccccc5sc(c5c6ccc(-c7c(C)cccc7C)cc6n2c15)c34. The minimum absolute atomic E-state index is 0.871. The van der Waals surface area contributed by atoms with E-state index in [2.05, 4.69) is 184 Å². The first kappa shape index (κ1) is 33.5. The number of hydrogen-bond acceptors (Lipinski definition) is 2. The zero-order chi connectivity index (χ0) is 39.1. The molecular formula is C54H40N2OS. The van der Waals surface area contributed by atoms with E-state index >= 15 is 0 Å². The summed E-state index contributed by atoms with van der Waals surface area (Å²) in [6, 6.07) is 49.7. The Balaban J connectivity index is 1.32. The molecule has 0 fully saturated rings. The maximum atomic E-state index is 7.43. The van der Waals surface area contributed by atoms with E-state index in [9.17, 15) is 0 Å². The molecule has 12 aromatic rings. The van der Waals surface area contributed by atoms with Crippen LogP contribution in [0.1, 0.15) is 33.4 Å². The molecule has 0 saturated carbocycles. The second-order valence-electron chi connectivity index (χ2n) is 16.4. The average molecular weight is 765 g/mol. The Hall–Kier alpha value is -6.62. The predicted molar refractivity (Wildman–Crippen MR) is 248 cm³/mol. The molecule has 278 valence electrons. The van der Waals surface area contributed by atoms with Crippen LogP contribution in [0.4, 0.5) is 0 Å². The van der Waals surface area contributed by atoms with Crippen LogP contribution >= 0.6 is 11.3 Å². The molecule has 0 amide bonds. The fraction of sp³-hybridized carbons (Fsp3) is 0.111. The zero-order valence-corrected chi connectivity index (χ0v) is 34.2. The summed E-state index contributed by atoms with van der Waals surface area (Å²) in [6.45, 7) is 13.3. The fourth-order valence-electron chi connectivity index (χ4n) is 10.4. The van der Waals surface area contributed by atoms with Gasteiger partial charge in [0.1, 0.15) is 0 Å². The number of benzene rings is 8. The molecular weight excluding hydrogens is 725 g/mol. The number of nitrogens with zero attached hydrogens (tertiary/aromatic N) is 2. The van der Waals surface area contributed by atoms with Crippen molar-refractivity contribution in [3.63, 3.8) is 0 Å². The number of rotatable bonds is 3. The Morgan fingerprint density at radius 3 is 1.47 bits per heavy atom. The highest BCUT2D eigenvalue weighted by Crippen LogP contribution is 2.50. The van der Waals surface area contributed by atoms with Gasteiger partial charge in [0.25, 0.3) is 0 Å². The van der Waals surface area contributed by atoms with E-state index in [1.165, 1.54) is 114 Å². The summed E-state index contributed by atoms with van der Waals surface area (Å²) >= 11 is 1.90. The average Bonchev–Trinajstić information content (AvgIpc) is 3.74. The maximum absolute atomic E-state index is 7.43. The van der Waals surface area contributed by atoms with Crippen molar-refractivity contribution in [2.45, 2.75) is 41.5 Å². The standard InChI is InChI=1S/C54H40N2OS/c1-29-12-9-13-30(2)46(29)35-20-23-38-42(26-35)56-41-18-7-8-19-45(41)58-54-50-39-24-21-36(47-31(3)14-10-15-32(47)4)27-43(39)55-40-25-22-37(48-33(5)16-11-17-34(48)6)28-44(40)57-53(51(50)55)49(38)52(54)56/h7-28H,1-6H3. The van der Waals surface area contributed by atoms with Crippen molar-refractivity contribution in [3.8, 4) is 33.4 Å². The van der Waals surface area contributed by atoms with Crippen molar-refractivity contribution < 1.29 is 4.42 Å². The molecule has 0 unspecified atom stereocenters. The highest BCUT2D eigenvalue weighted by atomic mass is 32.1. The molecule has 8 aromatic carbocycles. The largest absolute Gasteiger partial charge is 0.452 e. The van der Waals surface area contributed by atoms with Gasteiger partial charge in [-0.3, -0.25) is 0 Å². The number of hydrogen-bond donors (Lipinski definition) is 0. The lowest BCUT2D eigenvalue weighted by atomic mass is 9.95. The Morgan fingerprint density at radius 1 is 0.414 bits per heavy atom. The summed E-state index contributed by atoms with van der Waals surface area (Å²) in [7, 11) is 0. The summed E-state index contributed by atoms with van der Waals surface area (Å²) in [5, 5.41) is 4.84. The maximum Gasteiger partial charge on any atom is 0.162 e. The van der Waals surface area contributed by atoms with Crippen molar-refractivity contribution in [1.82, 2.24) is 8.80 Å². The molecule has 0 aliphatic carbocycles. The van der Waals surface area contributed by atoms with E-state index in [-0.39, 0.29) is 0 Å². The Morgan fingerprint density at radius 2 is 0.897 bits per heavy atom. The molecule has 0 aliphatic rings. The summed E-state index contributed by atoms with van der Waals surface area (Å²) in [5.74, 6) is 0. The van der Waals surface area contributed by atoms with Gasteiger partial charge in [-0.2, -0.15) is 0 Å². The van der Waals surface area contributed by atoms with Crippen molar-refractivity contribution in [3.05, 3.63) is 167 Å². The van der Waals surface area contributed by atoms with Gasteiger partial charge in [0.05, 0.1) is 47.9 Å². The lowest BCUT2D eigenvalue weighted by Gasteiger charge is -2.14. The Labute approximate surface area is 340 Å². The monoisotopic (exact) mass is 764 g/mol. The molecule has 4 heteroatoms. The molecule has 4 aromatic heterocycles. The van der Waals surface area contributed by atoms with Crippen LogP contribution in [0.3, 0.4) is 0 Å². The van der Waals surface area contributed by atoms with Crippen LogP contribution in [0.15, 0.2) is 138 Å². The smallest absolute Gasteiger partial charge is 0.162 e. The minimum Gasteiger partial charge on any atom is -0.452 e. The Kier molecular flexibility index (Phi) is 6.91. The summed E-state index contributed by atoms with van der Waals surface area (Å²) in [4.78, 5) is 0. The molecule has 4 heterocycles. The van der Waals surface area contributed by atoms with E-state index in [0.717, 1.165) is 27.6 Å². The Bertz CT molecular complexity index is 3690. The van der Waals surface area contributed by atoms with Gasteiger partial charge < -0.3 is 13.2 Å². The molecule has 0 spiro atoms. The molecule has 0 radical (unpaired) electrons. The van der Waals surface area contributed by atoms with Crippen LogP contribution in [-0.4, -0.2) is 8.80 Å². The van der Waals surface area contributed by atoms with E-state index < -0.39 is 0 Å². The van der Waals surface area contributed by atoms with Crippen LogP contribution in [-0.2, 0) is 0 Å². The van der Waals surface area contributed by atoms with Gasteiger partial charge in [-0.05, 0) is 145 Å². The lowest BCUT2D eigenvalue weighted by molar-refractivity contribution is 0.660. The molecule has 0 atom stereocenters. The summed E-state index contributed by atoms with van der Waals surface area (Å²) in [6.07, 6.45) is 0. The lowest BCUT2D eigenvalue weighted by Crippen LogP contribution is -1.94. The van der Waals surface area contributed by atoms with Crippen LogP contribution < -0.4 is 0 Å². The normalized spacial score (nSPS) is 12.3. The van der Waals surface area contributed by atoms with Crippen molar-refractivity contribution in [2.24, 2.45) is 0 Å². The zero-order valence-electron chi connectivity index (χ0n) is 33.4. The first-order chi connectivity index (χ1) is 28.3. The van der Waals surface area contributed by atoms with Gasteiger partial charge in [0, 0.05) is 16.2 Å². The van der Waals surface area contributed by atoms with Crippen LogP contribution in [0.5, 0.6) is 0 Å². The summed E-state index contributed by atoms with van der Waals surface area (Å²) < 4.78 is 15.0. The van der Waals surface area contributed by atoms with Gasteiger partial charge in [-0.25, -0.2) is 0 Å². The van der Waals surface area contributed by atoms with Crippen molar-refractivity contribution in [2.75, 3.05) is 0 Å². The molecule has 0 saturated heterocycles. The third kappa shape index (κ3) is 4.44. The first-order valence-corrected chi connectivity index (χ1v) is 21.0. The van der Waals surface area contributed by atoms with Crippen molar-refractivity contribution in [1.29, 1.82) is 0 Å². The van der Waals surface area contributed by atoms with Gasteiger partial charge in [0.15, 0.2) is 11.2 Å². The third-order valence-corrected chi connectivity index (χ3v) is 14.0. The topological polar surface area (TPSA) is 22.0 Å². The van der Waals surface area contributed by atoms with Crippen LogP contribution in [0.2, 0.25) is 0 Å². The molecule has 3 nitrogen and oxygen atoms in total. The van der Waals surface area contributed by atoms with E-state index in [1.54, 1.807) is 0 Å². The predicted octanol–water partition coefficient (Wildman–Crippen LogP) is 15.6. The molecule has 0 N–H and O–H groups in total. The van der Waals surface area contributed by atoms with E-state index in [4.69, 9.17) is 4.42 Å². The van der Waals surface area contributed by atoms with E-state index in [1.807, 2.05) is 11.3 Å². The number of fused-ring (bicyclic) bond motifs is 12. The van der Waals surface area contributed by atoms with Gasteiger partial charge in [0.2, 0.25) is 0 Å². The van der Waals surface area contributed by atoms with Crippen molar-refractivity contribution >= 4 is 86.5 Å². The number of aromatic nitrogens is 2. The van der Waals surface area contributed by atoms with Crippen LogP contribution in [0, 0.1) is 41.5 Å². The fourth-order valence-corrected chi connectivity index (χ4v) is 11.6. The first-order valence-electron chi connectivity index (χ1n) is 20.2. The second-order valence-corrected chi connectivity index (χ2v) is 17.4. The second kappa shape index (κ2) is 12.0. The van der Waals surface area contributed by atoms with Gasteiger partial charge in [-0.15, -0.1) is 11.3 Å². The van der Waals surface area contributed by atoms with Gasteiger partial charge in [-0.1, -0.05) is 97.1 Å².